The molecule has 0 amide bonds. The smallest absolute Gasteiger partial charge is 0.159 e. The highest BCUT2D eigenvalue weighted by Gasteiger charge is 1.97. The van der Waals surface area contributed by atoms with Crippen LogP contribution in [-0.2, 0) is 6.42 Å². The zero-order valence-electron chi connectivity index (χ0n) is 7.92. The van der Waals surface area contributed by atoms with E-state index in [1.54, 1.807) is 6.92 Å². The Hall–Kier alpha value is -1.05. The maximum atomic E-state index is 11.0. The highest BCUT2D eigenvalue weighted by molar-refractivity contribution is 6.08. The molecule has 66 valence electrons. The van der Waals surface area contributed by atoms with Crippen LogP contribution in [0, 0.1) is 0 Å². The molecule has 0 aromatic heterocycles. The molecule has 0 N–H and O–H groups in total. The zero-order valence-corrected chi connectivity index (χ0v) is 7.92. The Morgan fingerprint density at radius 1 is 1.31 bits per heavy atom. The lowest BCUT2D eigenvalue weighted by Gasteiger charge is -2.00. The second kappa shape index (κ2) is 4.85. The van der Waals surface area contributed by atoms with Gasteiger partial charge in [0.05, 0.1) is 7.85 Å². The summed E-state index contributed by atoms with van der Waals surface area (Å²) in [5.74, 6) is 0.116. The van der Waals surface area contributed by atoms with Crippen LogP contribution >= 0.6 is 0 Å². The van der Waals surface area contributed by atoms with Crippen LogP contribution in [-0.4, -0.2) is 13.6 Å². The molecule has 0 aliphatic heterocycles. The standard InChI is InChI=1S/C11H13BO/c1-9(13)11-6-4-10(5-7-11)3-2-8-12/h4-7H,2-3,8H2,1H3. The van der Waals surface area contributed by atoms with Crippen LogP contribution in [0.25, 0.3) is 0 Å². The van der Waals surface area contributed by atoms with Crippen molar-refractivity contribution in [1.29, 1.82) is 0 Å². The fourth-order valence-corrected chi connectivity index (χ4v) is 1.21. The molecule has 0 saturated carbocycles. The van der Waals surface area contributed by atoms with E-state index >= 15 is 0 Å². The quantitative estimate of drug-likeness (QED) is 0.503. The van der Waals surface area contributed by atoms with Crippen molar-refractivity contribution in [3.8, 4) is 0 Å². The Kier molecular flexibility index (Phi) is 3.75. The van der Waals surface area contributed by atoms with Crippen LogP contribution in [0.4, 0.5) is 0 Å². The molecule has 1 rings (SSSR count). The third kappa shape index (κ3) is 3.06. The van der Waals surface area contributed by atoms with Crippen LogP contribution in [0.5, 0.6) is 0 Å². The molecule has 13 heavy (non-hydrogen) atoms. The second-order valence-corrected chi connectivity index (χ2v) is 3.15. The first kappa shape index (κ1) is 10.0. The van der Waals surface area contributed by atoms with Crippen LogP contribution in [0.2, 0.25) is 6.32 Å². The van der Waals surface area contributed by atoms with Crippen LogP contribution in [0.1, 0.15) is 29.3 Å². The number of hydrogen-bond donors (Lipinski definition) is 0. The van der Waals surface area contributed by atoms with Gasteiger partial charge >= 0.3 is 0 Å². The topological polar surface area (TPSA) is 17.1 Å². The molecule has 1 aromatic carbocycles. The van der Waals surface area contributed by atoms with Crippen molar-refractivity contribution in [2.75, 3.05) is 0 Å². The molecule has 1 aromatic rings. The molecule has 0 atom stereocenters. The van der Waals surface area contributed by atoms with Gasteiger partial charge in [-0.05, 0) is 18.9 Å². The van der Waals surface area contributed by atoms with E-state index in [1.807, 2.05) is 24.3 Å². The van der Waals surface area contributed by atoms with Gasteiger partial charge in [-0.3, -0.25) is 4.79 Å². The number of hydrogen-bond acceptors (Lipinski definition) is 1. The van der Waals surface area contributed by atoms with Gasteiger partial charge in [-0.15, -0.1) is 0 Å². The third-order valence-electron chi connectivity index (χ3n) is 2.03. The molecule has 0 aliphatic rings. The molecule has 2 heteroatoms. The van der Waals surface area contributed by atoms with Crippen molar-refractivity contribution in [2.45, 2.75) is 26.1 Å². The third-order valence-corrected chi connectivity index (χ3v) is 2.03. The summed E-state index contributed by atoms with van der Waals surface area (Å²) in [4.78, 5) is 11.0. The van der Waals surface area contributed by atoms with Crippen LogP contribution in [0.3, 0.4) is 0 Å². The normalized spacial score (nSPS) is 9.92. The van der Waals surface area contributed by atoms with E-state index in [2.05, 4.69) is 0 Å². The van der Waals surface area contributed by atoms with Gasteiger partial charge in [0.25, 0.3) is 0 Å². The van der Waals surface area contributed by atoms with E-state index < -0.39 is 0 Å². The Balaban J connectivity index is 2.64. The van der Waals surface area contributed by atoms with E-state index in [9.17, 15) is 4.79 Å². The minimum Gasteiger partial charge on any atom is -0.295 e. The first-order valence-electron chi connectivity index (χ1n) is 4.54. The Labute approximate surface area is 80.6 Å². The molecule has 0 aliphatic carbocycles. The minimum atomic E-state index is 0.116. The van der Waals surface area contributed by atoms with Crippen molar-refractivity contribution < 1.29 is 4.79 Å². The Morgan fingerprint density at radius 2 is 1.92 bits per heavy atom. The number of rotatable bonds is 4. The summed E-state index contributed by atoms with van der Waals surface area (Å²) >= 11 is 0. The number of Topliss-reactive ketones (excluding diaryl/α,β-unsaturated/α-hetero) is 1. The number of carbonyl (C=O) groups excluding carboxylic acids is 1. The predicted octanol–water partition coefficient (Wildman–Crippen LogP) is 2.41. The fourth-order valence-electron chi connectivity index (χ4n) is 1.21. The van der Waals surface area contributed by atoms with Crippen molar-refractivity contribution in [2.24, 2.45) is 0 Å². The summed E-state index contributed by atoms with van der Waals surface area (Å²) in [6.45, 7) is 1.58. The van der Waals surface area contributed by atoms with Gasteiger partial charge in [0.2, 0.25) is 0 Å². The highest BCUT2D eigenvalue weighted by atomic mass is 16.1. The van der Waals surface area contributed by atoms with Gasteiger partial charge in [-0.25, -0.2) is 0 Å². The largest absolute Gasteiger partial charge is 0.295 e. The number of ketones is 1. The van der Waals surface area contributed by atoms with E-state index in [0.29, 0.717) is 6.32 Å². The molecular weight excluding hydrogens is 159 g/mol. The van der Waals surface area contributed by atoms with E-state index in [4.69, 9.17) is 7.85 Å². The first-order chi connectivity index (χ1) is 6.24. The molecule has 0 heterocycles. The lowest BCUT2D eigenvalue weighted by molar-refractivity contribution is 0.101. The highest BCUT2D eigenvalue weighted by Crippen LogP contribution is 2.07. The van der Waals surface area contributed by atoms with Gasteiger partial charge in [0.15, 0.2) is 5.78 Å². The number of benzene rings is 1. The lowest BCUT2D eigenvalue weighted by Crippen LogP contribution is -1.92. The number of aryl methyl sites for hydroxylation is 1. The van der Waals surface area contributed by atoms with Crippen LogP contribution < -0.4 is 0 Å². The molecular formula is C11H13BO. The summed E-state index contributed by atoms with van der Waals surface area (Å²) < 4.78 is 0. The average molecular weight is 172 g/mol. The molecule has 2 radical (unpaired) electrons. The van der Waals surface area contributed by atoms with Crippen molar-refractivity contribution >= 4 is 13.6 Å². The molecule has 1 nitrogen and oxygen atoms in total. The maximum Gasteiger partial charge on any atom is 0.159 e. The minimum absolute atomic E-state index is 0.116. The molecule has 0 spiro atoms. The van der Waals surface area contributed by atoms with Gasteiger partial charge in [0, 0.05) is 5.56 Å². The molecule has 0 saturated heterocycles. The number of carbonyl (C=O) groups is 1. The van der Waals surface area contributed by atoms with Crippen LogP contribution in [0.15, 0.2) is 24.3 Å². The summed E-state index contributed by atoms with van der Waals surface area (Å²) in [7, 11) is 5.40. The molecule has 0 bridgehead atoms. The van der Waals surface area contributed by atoms with Gasteiger partial charge in [-0.1, -0.05) is 37.0 Å². The SMILES string of the molecule is [B]CCCc1ccc(C(C)=O)cc1. The first-order valence-corrected chi connectivity index (χ1v) is 4.54. The Morgan fingerprint density at radius 3 is 2.38 bits per heavy atom. The van der Waals surface area contributed by atoms with E-state index in [-0.39, 0.29) is 5.78 Å². The lowest BCUT2D eigenvalue weighted by atomic mass is 9.97. The maximum absolute atomic E-state index is 11.0. The van der Waals surface area contributed by atoms with Crippen molar-refractivity contribution in [1.82, 2.24) is 0 Å². The second-order valence-electron chi connectivity index (χ2n) is 3.15. The summed E-state index contributed by atoms with van der Waals surface area (Å²) in [6, 6.07) is 7.72. The average Bonchev–Trinajstić information content (AvgIpc) is 2.15. The summed E-state index contributed by atoms with van der Waals surface area (Å²) in [5, 5.41) is 0. The van der Waals surface area contributed by atoms with E-state index in [1.165, 1.54) is 5.56 Å². The summed E-state index contributed by atoms with van der Waals surface area (Å²) in [5.41, 5.74) is 2.02. The predicted molar refractivity (Wildman–Crippen MR) is 55.3 cm³/mol. The Bertz CT molecular complexity index is 277. The summed E-state index contributed by atoms with van der Waals surface area (Å²) in [6.07, 6.45) is 2.71. The van der Waals surface area contributed by atoms with Crippen molar-refractivity contribution in [3.05, 3.63) is 35.4 Å². The monoisotopic (exact) mass is 172 g/mol. The van der Waals surface area contributed by atoms with Gasteiger partial charge in [-0.2, -0.15) is 0 Å². The molecule has 0 unspecified atom stereocenters. The van der Waals surface area contributed by atoms with E-state index in [0.717, 1.165) is 18.4 Å². The molecule has 0 fully saturated rings. The van der Waals surface area contributed by atoms with Crippen molar-refractivity contribution in [3.63, 3.8) is 0 Å². The van der Waals surface area contributed by atoms with Gasteiger partial charge in [0.1, 0.15) is 0 Å². The zero-order chi connectivity index (χ0) is 9.68. The van der Waals surface area contributed by atoms with Gasteiger partial charge < -0.3 is 0 Å². The fraction of sp³-hybridized carbons (Fsp3) is 0.364.